The molecule has 0 fully saturated rings. The Hall–Kier alpha value is -1.77. The molecule has 2 N–H and O–H groups in total. The molecule has 66 valence electrons. The van der Waals surface area contributed by atoms with E-state index in [9.17, 15) is 14.6 Å². The molecular weight excluding hydrogens is 171 g/mol. The smallest absolute Gasteiger partial charge is 0.165 e. The molecule has 0 saturated carbocycles. The molecule has 3 heteroatoms. The lowest BCUT2D eigenvalue weighted by atomic mass is 10.1. The summed E-state index contributed by atoms with van der Waals surface area (Å²) in [7, 11) is 0. The van der Waals surface area contributed by atoms with E-state index in [2.05, 4.69) is 0 Å². The van der Waals surface area contributed by atoms with E-state index in [4.69, 9.17) is 0 Å². The molecule has 0 aliphatic rings. The van der Waals surface area contributed by atoms with Gasteiger partial charge in [0.2, 0.25) is 0 Å². The van der Waals surface area contributed by atoms with Crippen LogP contribution < -0.4 is 0 Å². The third-order valence-corrected chi connectivity index (χ3v) is 1.96. The van der Waals surface area contributed by atoms with E-state index in [1.807, 2.05) is 0 Å². The average Bonchev–Trinajstić information content (AvgIpc) is 2.12. The molecule has 0 aliphatic carbocycles. The van der Waals surface area contributed by atoms with E-state index in [1.54, 1.807) is 12.1 Å². The minimum absolute atomic E-state index is 0.0350. The molecule has 0 saturated heterocycles. The fourth-order valence-corrected chi connectivity index (χ4v) is 1.30. The van der Waals surface area contributed by atoms with Crippen LogP contribution in [-0.2, 0) is 0 Å². The number of halogens is 1. The van der Waals surface area contributed by atoms with Gasteiger partial charge in [0, 0.05) is 10.8 Å². The van der Waals surface area contributed by atoms with Crippen molar-refractivity contribution in [1.82, 2.24) is 0 Å². The zero-order chi connectivity index (χ0) is 9.42. The van der Waals surface area contributed by atoms with Gasteiger partial charge in [0.1, 0.15) is 5.75 Å². The molecule has 0 radical (unpaired) electrons. The molecule has 0 atom stereocenters. The maximum Gasteiger partial charge on any atom is 0.165 e. The van der Waals surface area contributed by atoms with Gasteiger partial charge >= 0.3 is 0 Å². The topological polar surface area (TPSA) is 40.5 Å². The van der Waals surface area contributed by atoms with E-state index in [0.29, 0.717) is 10.8 Å². The second kappa shape index (κ2) is 2.62. The number of phenols is 2. The zero-order valence-corrected chi connectivity index (χ0v) is 6.66. The molecular formula is C10H7FO2. The molecule has 0 amide bonds. The van der Waals surface area contributed by atoms with E-state index >= 15 is 0 Å². The first-order chi connectivity index (χ1) is 6.20. The molecule has 2 aromatic rings. The number of rotatable bonds is 0. The maximum absolute atomic E-state index is 12.8. The van der Waals surface area contributed by atoms with Crippen molar-refractivity contribution in [2.45, 2.75) is 0 Å². The van der Waals surface area contributed by atoms with E-state index < -0.39 is 11.6 Å². The van der Waals surface area contributed by atoms with Gasteiger partial charge in [0.25, 0.3) is 0 Å². The summed E-state index contributed by atoms with van der Waals surface area (Å²) in [6, 6.07) is 7.14. The summed E-state index contributed by atoms with van der Waals surface area (Å²) in [5.74, 6) is -1.07. The van der Waals surface area contributed by atoms with Crippen molar-refractivity contribution < 1.29 is 14.6 Å². The van der Waals surface area contributed by atoms with Crippen LogP contribution in [0.1, 0.15) is 0 Å². The lowest BCUT2D eigenvalue weighted by Crippen LogP contribution is -1.79. The standard InChI is InChI=1S/C10H7FO2/c11-8-5-4-6-7(10(8)13)2-1-3-9(6)12/h1-5,12-13H. The van der Waals surface area contributed by atoms with Crippen LogP contribution in [0.2, 0.25) is 0 Å². The first-order valence-electron chi connectivity index (χ1n) is 3.79. The van der Waals surface area contributed by atoms with Crippen molar-refractivity contribution in [3.8, 4) is 11.5 Å². The SMILES string of the molecule is Oc1cccc2c(O)c(F)ccc12. The summed E-state index contributed by atoms with van der Waals surface area (Å²) >= 11 is 0. The molecule has 0 bridgehead atoms. The number of hydrogen-bond acceptors (Lipinski definition) is 2. The van der Waals surface area contributed by atoms with Gasteiger partial charge < -0.3 is 10.2 Å². The second-order valence-electron chi connectivity index (χ2n) is 2.77. The summed E-state index contributed by atoms with van der Waals surface area (Å²) in [5.41, 5.74) is 0. The van der Waals surface area contributed by atoms with Crippen LogP contribution in [0.15, 0.2) is 30.3 Å². The molecule has 13 heavy (non-hydrogen) atoms. The normalized spacial score (nSPS) is 10.5. The van der Waals surface area contributed by atoms with Gasteiger partial charge in [-0.05, 0) is 18.2 Å². The quantitative estimate of drug-likeness (QED) is 0.650. The van der Waals surface area contributed by atoms with Gasteiger partial charge in [0.05, 0.1) is 0 Å². The Labute approximate surface area is 73.9 Å². The Kier molecular flexibility index (Phi) is 1.59. The fraction of sp³-hybridized carbons (Fsp3) is 0. The lowest BCUT2D eigenvalue weighted by molar-refractivity contribution is 0.438. The Morgan fingerprint density at radius 1 is 0.923 bits per heavy atom. The third-order valence-electron chi connectivity index (χ3n) is 1.96. The summed E-state index contributed by atoms with van der Waals surface area (Å²) in [4.78, 5) is 0. The van der Waals surface area contributed by atoms with Gasteiger partial charge in [-0.2, -0.15) is 0 Å². The molecule has 0 heterocycles. The van der Waals surface area contributed by atoms with Gasteiger partial charge in [-0.1, -0.05) is 12.1 Å². The Morgan fingerprint density at radius 2 is 1.69 bits per heavy atom. The predicted molar refractivity (Wildman–Crippen MR) is 47.2 cm³/mol. The first-order valence-corrected chi connectivity index (χ1v) is 3.79. The molecule has 2 nitrogen and oxygen atoms in total. The van der Waals surface area contributed by atoms with Crippen LogP contribution in [-0.4, -0.2) is 10.2 Å². The number of fused-ring (bicyclic) bond motifs is 1. The zero-order valence-electron chi connectivity index (χ0n) is 6.66. The van der Waals surface area contributed by atoms with Crippen molar-refractivity contribution in [1.29, 1.82) is 0 Å². The van der Waals surface area contributed by atoms with Gasteiger partial charge in [0.15, 0.2) is 11.6 Å². The average molecular weight is 178 g/mol. The highest BCUT2D eigenvalue weighted by molar-refractivity contribution is 5.92. The lowest BCUT2D eigenvalue weighted by Gasteiger charge is -2.02. The Morgan fingerprint density at radius 3 is 2.46 bits per heavy atom. The minimum Gasteiger partial charge on any atom is -0.507 e. The van der Waals surface area contributed by atoms with Crippen molar-refractivity contribution in [3.05, 3.63) is 36.1 Å². The number of hydrogen-bond donors (Lipinski definition) is 2. The molecule has 0 aromatic heterocycles. The summed E-state index contributed by atoms with van der Waals surface area (Å²) in [5, 5.41) is 19.4. The van der Waals surface area contributed by atoms with Gasteiger partial charge in [-0.15, -0.1) is 0 Å². The van der Waals surface area contributed by atoms with E-state index in [1.165, 1.54) is 12.1 Å². The fourth-order valence-electron chi connectivity index (χ4n) is 1.30. The second-order valence-corrected chi connectivity index (χ2v) is 2.77. The van der Waals surface area contributed by atoms with E-state index in [-0.39, 0.29) is 5.75 Å². The van der Waals surface area contributed by atoms with Crippen molar-refractivity contribution in [2.75, 3.05) is 0 Å². The van der Waals surface area contributed by atoms with Gasteiger partial charge in [-0.25, -0.2) is 4.39 Å². The van der Waals surface area contributed by atoms with Crippen molar-refractivity contribution >= 4 is 10.8 Å². The number of benzene rings is 2. The predicted octanol–water partition coefficient (Wildman–Crippen LogP) is 2.39. The Balaban J connectivity index is 2.94. The molecule has 0 spiro atoms. The number of aromatic hydroxyl groups is 2. The van der Waals surface area contributed by atoms with Crippen LogP contribution in [0.4, 0.5) is 4.39 Å². The van der Waals surface area contributed by atoms with Crippen LogP contribution >= 0.6 is 0 Å². The van der Waals surface area contributed by atoms with E-state index in [0.717, 1.165) is 6.07 Å². The third kappa shape index (κ3) is 1.09. The first kappa shape index (κ1) is 7.86. The van der Waals surface area contributed by atoms with Crippen LogP contribution in [0.5, 0.6) is 11.5 Å². The highest BCUT2D eigenvalue weighted by atomic mass is 19.1. The summed E-state index contributed by atoms with van der Waals surface area (Å²) < 4.78 is 12.8. The molecule has 0 aliphatic heterocycles. The Bertz CT molecular complexity index is 466. The van der Waals surface area contributed by atoms with Crippen LogP contribution in [0, 0.1) is 5.82 Å². The minimum atomic E-state index is -0.682. The van der Waals surface area contributed by atoms with Crippen LogP contribution in [0.25, 0.3) is 10.8 Å². The monoisotopic (exact) mass is 178 g/mol. The highest BCUT2D eigenvalue weighted by Gasteiger charge is 2.07. The maximum atomic E-state index is 12.8. The highest BCUT2D eigenvalue weighted by Crippen LogP contribution is 2.32. The number of phenolic OH excluding ortho intramolecular Hbond substituents is 2. The largest absolute Gasteiger partial charge is 0.507 e. The molecule has 2 aromatic carbocycles. The van der Waals surface area contributed by atoms with Crippen LogP contribution in [0.3, 0.4) is 0 Å². The summed E-state index contributed by atoms with van der Waals surface area (Å²) in [6.45, 7) is 0. The van der Waals surface area contributed by atoms with Crippen molar-refractivity contribution in [2.24, 2.45) is 0 Å². The molecule has 0 unspecified atom stereocenters. The van der Waals surface area contributed by atoms with Gasteiger partial charge in [-0.3, -0.25) is 0 Å². The van der Waals surface area contributed by atoms with Crippen molar-refractivity contribution in [3.63, 3.8) is 0 Å². The summed E-state index contributed by atoms with van der Waals surface area (Å²) in [6.07, 6.45) is 0. The molecule has 2 rings (SSSR count).